The lowest BCUT2D eigenvalue weighted by Crippen LogP contribution is -2.43. The minimum Gasteiger partial charge on any atom is -0.467 e. The normalized spacial score (nSPS) is 19.9. The number of hydrogen-bond acceptors (Lipinski definition) is 4. The highest BCUT2D eigenvalue weighted by molar-refractivity contribution is 5.84. The second-order valence-corrected chi connectivity index (χ2v) is 5.25. The van der Waals surface area contributed by atoms with Crippen LogP contribution >= 0.6 is 0 Å². The number of hydrogen-bond donors (Lipinski definition) is 2. The molecule has 0 aromatic heterocycles. The molecule has 1 aliphatic carbocycles. The van der Waals surface area contributed by atoms with Crippen molar-refractivity contribution in [3.8, 4) is 0 Å². The summed E-state index contributed by atoms with van der Waals surface area (Å²) in [5.74, 6) is -0.533. The largest absolute Gasteiger partial charge is 0.467 e. The second kappa shape index (κ2) is 6.73. The molecule has 0 bridgehead atoms. The molecule has 0 saturated heterocycles. The first-order valence-corrected chi connectivity index (χ1v) is 6.60. The summed E-state index contributed by atoms with van der Waals surface area (Å²) in [6.45, 7) is 2.16. The molecule has 1 amide bonds. The number of amides is 1. The lowest BCUT2D eigenvalue weighted by Gasteiger charge is -2.35. The van der Waals surface area contributed by atoms with Crippen molar-refractivity contribution in [3.05, 3.63) is 0 Å². The third-order valence-corrected chi connectivity index (χ3v) is 3.82. The average molecular weight is 256 g/mol. The summed E-state index contributed by atoms with van der Waals surface area (Å²) < 4.78 is 4.58. The van der Waals surface area contributed by atoms with Gasteiger partial charge in [0.25, 0.3) is 0 Å². The lowest BCUT2D eigenvalue weighted by atomic mass is 9.71. The predicted octanol–water partition coefficient (Wildman–Crippen LogP) is 0.963. The summed E-state index contributed by atoms with van der Waals surface area (Å²) in [5, 5.41) is 2.67. The molecule has 18 heavy (non-hydrogen) atoms. The summed E-state index contributed by atoms with van der Waals surface area (Å²) in [5.41, 5.74) is 5.76. The smallest absolute Gasteiger partial charge is 0.328 e. The van der Waals surface area contributed by atoms with E-state index >= 15 is 0 Å². The van der Waals surface area contributed by atoms with E-state index in [0.29, 0.717) is 13.0 Å². The molecule has 3 N–H and O–H groups in total. The van der Waals surface area contributed by atoms with Gasteiger partial charge in [-0.15, -0.1) is 0 Å². The minimum atomic E-state index is -0.596. The highest BCUT2D eigenvalue weighted by Gasteiger charge is 2.33. The van der Waals surface area contributed by atoms with Gasteiger partial charge in [-0.1, -0.05) is 19.3 Å². The summed E-state index contributed by atoms with van der Waals surface area (Å²) >= 11 is 0. The first-order valence-electron chi connectivity index (χ1n) is 6.60. The van der Waals surface area contributed by atoms with Crippen LogP contribution in [0.15, 0.2) is 0 Å². The number of esters is 1. The molecule has 1 unspecified atom stereocenters. The Balaban J connectivity index is 2.49. The van der Waals surface area contributed by atoms with E-state index < -0.39 is 12.0 Å². The zero-order valence-corrected chi connectivity index (χ0v) is 11.3. The van der Waals surface area contributed by atoms with Crippen molar-refractivity contribution in [2.75, 3.05) is 13.7 Å². The van der Waals surface area contributed by atoms with Gasteiger partial charge in [0, 0.05) is 6.42 Å². The predicted molar refractivity (Wildman–Crippen MR) is 68.8 cm³/mol. The fourth-order valence-corrected chi connectivity index (χ4v) is 2.62. The molecule has 1 rings (SSSR count). The number of rotatable bonds is 5. The van der Waals surface area contributed by atoms with E-state index in [1.54, 1.807) is 6.92 Å². The zero-order valence-electron chi connectivity index (χ0n) is 11.3. The van der Waals surface area contributed by atoms with Gasteiger partial charge in [0.2, 0.25) is 5.91 Å². The highest BCUT2D eigenvalue weighted by atomic mass is 16.5. The molecule has 1 saturated carbocycles. The van der Waals surface area contributed by atoms with Crippen molar-refractivity contribution in [2.24, 2.45) is 11.1 Å². The maximum Gasteiger partial charge on any atom is 0.328 e. The van der Waals surface area contributed by atoms with Gasteiger partial charge >= 0.3 is 5.97 Å². The van der Waals surface area contributed by atoms with Crippen LogP contribution in [0, 0.1) is 5.41 Å². The van der Waals surface area contributed by atoms with E-state index in [1.165, 1.54) is 13.5 Å². The molecule has 0 aromatic carbocycles. The van der Waals surface area contributed by atoms with Crippen molar-refractivity contribution in [3.63, 3.8) is 0 Å². The molecule has 1 fully saturated rings. The van der Waals surface area contributed by atoms with Crippen LogP contribution in [0.4, 0.5) is 0 Å². The molecule has 104 valence electrons. The average Bonchev–Trinajstić information content (AvgIpc) is 2.38. The van der Waals surface area contributed by atoms with Crippen molar-refractivity contribution in [2.45, 2.75) is 51.5 Å². The Labute approximate surface area is 108 Å². The summed E-state index contributed by atoms with van der Waals surface area (Å²) in [6.07, 6.45) is 5.91. The zero-order chi connectivity index (χ0) is 13.6. The molecule has 0 heterocycles. The van der Waals surface area contributed by atoms with Gasteiger partial charge in [-0.2, -0.15) is 0 Å². The van der Waals surface area contributed by atoms with Crippen LogP contribution in [0.25, 0.3) is 0 Å². The molecule has 5 nitrogen and oxygen atoms in total. The van der Waals surface area contributed by atoms with E-state index in [-0.39, 0.29) is 11.3 Å². The Hall–Kier alpha value is -1.10. The molecule has 1 aliphatic rings. The topological polar surface area (TPSA) is 81.4 Å². The van der Waals surface area contributed by atoms with Gasteiger partial charge in [0.05, 0.1) is 7.11 Å². The van der Waals surface area contributed by atoms with E-state index in [9.17, 15) is 9.59 Å². The summed E-state index contributed by atoms with van der Waals surface area (Å²) in [7, 11) is 1.31. The van der Waals surface area contributed by atoms with Gasteiger partial charge in [0.15, 0.2) is 0 Å². The van der Waals surface area contributed by atoms with Crippen LogP contribution in [-0.4, -0.2) is 31.6 Å². The second-order valence-electron chi connectivity index (χ2n) is 5.25. The highest BCUT2D eigenvalue weighted by Crippen LogP contribution is 2.38. The Bertz CT molecular complexity index is 299. The van der Waals surface area contributed by atoms with Crippen molar-refractivity contribution < 1.29 is 14.3 Å². The maximum atomic E-state index is 11.9. The summed E-state index contributed by atoms with van der Waals surface area (Å²) in [4.78, 5) is 23.2. The van der Waals surface area contributed by atoms with E-state index in [4.69, 9.17) is 5.73 Å². The van der Waals surface area contributed by atoms with Crippen LogP contribution in [0.1, 0.15) is 45.4 Å². The van der Waals surface area contributed by atoms with Crippen LogP contribution < -0.4 is 11.1 Å². The SMILES string of the molecule is COC(=O)C(C)NC(=O)CC1(CN)CCCCC1. The third kappa shape index (κ3) is 3.98. The van der Waals surface area contributed by atoms with Gasteiger partial charge < -0.3 is 15.8 Å². The summed E-state index contributed by atoms with van der Waals surface area (Å²) in [6, 6.07) is -0.596. The standard InChI is InChI=1S/C13H24N2O3/c1-10(12(17)18-2)15-11(16)8-13(9-14)6-4-3-5-7-13/h10H,3-9,14H2,1-2H3,(H,15,16). The lowest BCUT2D eigenvalue weighted by molar-refractivity contribution is -0.144. The number of nitrogens with two attached hydrogens (primary N) is 1. The fraction of sp³-hybridized carbons (Fsp3) is 0.846. The van der Waals surface area contributed by atoms with Gasteiger partial charge in [-0.05, 0) is 31.7 Å². The van der Waals surface area contributed by atoms with Crippen LogP contribution in [0.3, 0.4) is 0 Å². The Morgan fingerprint density at radius 1 is 1.33 bits per heavy atom. The molecular weight excluding hydrogens is 232 g/mol. The Kier molecular flexibility index (Phi) is 5.59. The number of nitrogens with one attached hydrogen (secondary N) is 1. The molecular formula is C13H24N2O3. The third-order valence-electron chi connectivity index (χ3n) is 3.82. The molecule has 0 radical (unpaired) electrons. The number of methoxy groups -OCH3 is 1. The van der Waals surface area contributed by atoms with Gasteiger partial charge in [-0.25, -0.2) is 4.79 Å². The van der Waals surface area contributed by atoms with Crippen molar-refractivity contribution in [1.29, 1.82) is 0 Å². The first kappa shape index (κ1) is 15.0. The Morgan fingerprint density at radius 3 is 2.44 bits per heavy atom. The van der Waals surface area contributed by atoms with Crippen LogP contribution in [-0.2, 0) is 14.3 Å². The van der Waals surface area contributed by atoms with Gasteiger partial charge in [-0.3, -0.25) is 4.79 Å². The number of ether oxygens (including phenoxy) is 1. The number of carbonyl (C=O) groups excluding carboxylic acids is 2. The molecule has 0 aliphatic heterocycles. The fourth-order valence-electron chi connectivity index (χ4n) is 2.62. The quantitative estimate of drug-likeness (QED) is 0.718. The molecule has 5 heteroatoms. The molecule has 1 atom stereocenters. The van der Waals surface area contributed by atoms with Gasteiger partial charge in [0.1, 0.15) is 6.04 Å². The van der Waals surface area contributed by atoms with Crippen LogP contribution in [0.2, 0.25) is 0 Å². The minimum absolute atomic E-state index is 0.0713. The van der Waals surface area contributed by atoms with Crippen molar-refractivity contribution in [1.82, 2.24) is 5.32 Å². The van der Waals surface area contributed by atoms with E-state index in [1.807, 2.05) is 0 Å². The van der Waals surface area contributed by atoms with E-state index in [2.05, 4.69) is 10.1 Å². The first-order chi connectivity index (χ1) is 8.53. The Morgan fingerprint density at radius 2 is 1.94 bits per heavy atom. The van der Waals surface area contributed by atoms with Crippen molar-refractivity contribution >= 4 is 11.9 Å². The van der Waals surface area contributed by atoms with Crippen LogP contribution in [0.5, 0.6) is 0 Å². The number of carbonyl (C=O) groups is 2. The molecule has 0 aromatic rings. The maximum absolute atomic E-state index is 11.9. The van der Waals surface area contributed by atoms with E-state index in [0.717, 1.165) is 25.7 Å². The monoisotopic (exact) mass is 256 g/mol. The molecule has 0 spiro atoms.